The van der Waals surface area contributed by atoms with Crippen LogP contribution >= 0.6 is 24.8 Å². The quantitative estimate of drug-likeness (QED) is 0.343. The minimum Gasteiger partial charge on any atom is -0.147 e. The molecule has 0 spiro atoms. The molecular weight excluding hydrogens is 487 g/mol. The molecule has 25 heavy (non-hydrogen) atoms. The maximum Gasteiger partial charge on any atom is -0.147 e. The van der Waals surface area contributed by atoms with Crippen LogP contribution in [0.15, 0.2) is 41.0 Å². The summed E-state index contributed by atoms with van der Waals surface area (Å²) in [6.07, 6.45) is 5.09. The Balaban J connectivity index is 0.00000288. The minimum atomic E-state index is -3.03. The second-order valence-electron chi connectivity index (χ2n) is 10.0. The topological polar surface area (TPSA) is 0 Å². The van der Waals surface area contributed by atoms with Gasteiger partial charge >= 0.3 is 151 Å². The minimum absolute atomic E-state index is 0. The van der Waals surface area contributed by atoms with Crippen LogP contribution in [0, 0.1) is 17.3 Å². The van der Waals surface area contributed by atoms with E-state index in [1.807, 2.05) is 6.56 Å². The molecule has 0 amide bonds. The molecule has 0 aromatic carbocycles. The van der Waals surface area contributed by atoms with Crippen LogP contribution in [0.2, 0.25) is 9.26 Å². The van der Waals surface area contributed by atoms with Crippen LogP contribution in [-0.4, -0.2) is 12.1 Å². The van der Waals surface area contributed by atoms with Crippen molar-refractivity contribution in [1.82, 2.24) is 0 Å². The van der Waals surface area contributed by atoms with Crippen LogP contribution in [-0.2, 0) is 15.7 Å². The van der Waals surface area contributed by atoms with Crippen molar-refractivity contribution in [3.8, 4) is 0 Å². The molecule has 2 rings (SSSR count). The van der Waals surface area contributed by atoms with E-state index >= 15 is 0 Å². The summed E-state index contributed by atoms with van der Waals surface area (Å²) < 4.78 is 9.19. The second kappa shape index (κ2) is 7.77. The number of hydrogen-bond donors (Lipinski definition) is 0. The van der Waals surface area contributed by atoms with E-state index in [1.54, 1.807) is 16.7 Å². The Labute approximate surface area is 174 Å². The number of halogens is 2. The van der Waals surface area contributed by atoms with Crippen molar-refractivity contribution in [1.29, 1.82) is 0 Å². The Morgan fingerprint density at radius 1 is 0.840 bits per heavy atom. The zero-order chi connectivity index (χ0) is 18.0. The van der Waals surface area contributed by atoms with E-state index in [-0.39, 0.29) is 30.2 Å². The fourth-order valence-electron chi connectivity index (χ4n) is 5.70. The van der Waals surface area contributed by atoms with Crippen LogP contribution in [0.3, 0.4) is 0 Å². The van der Waals surface area contributed by atoms with Crippen LogP contribution in [0.1, 0.15) is 55.4 Å². The average molecular weight is 525 g/mol. The SMILES string of the molecule is CC1=CC(C)[C]([Zr]([CH3])([CH3])(=[GeH2])[C]2=C(C)C(C(C)(C)C)=CC2C)=C1C.Cl.Cl. The van der Waals surface area contributed by atoms with Crippen LogP contribution in [0.25, 0.3) is 0 Å². The Morgan fingerprint density at radius 2 is 1.24 bits per heavy atom. The molecule has 0 N–H and O–H groups in total. The van der Waals surface area contributed by atoms with Crippen LogP contribution in [0.4, 0.5) is 0 Å². The van der Waals surface area contributed by atoms with Gasteiger partial charge in [-0.3, -0.25) is 0 Å². The molecule has 2 atom stereocenters. The Hall–Kier alpha value is 0.966. The molecule has 4 heteroatoms. The molecular formula is C21H38Cl2GeZr. The van der Waals surface area contributed by atoms with Crippen molar-refractivity contribution in [2.45, 2.75) is 64.7 Å². The molecule has 144 valence electrons. The van der Waals surface area contributed by atoms with Crippen molar-refractivity contribution in [2.75, 3.05) is 0 Å². The van der Waals surface area contributed by atoms with Gasteiger partial charge in [0.25, 0.3) is 0 Å². The molecule has 2 aliphatic rings. The third-order valence-electron chi connectivity index (χ3n) is 6.17. The van der Waals surface area contributed by atoms with Gasteiger partial charge in [0, 0.05) is 0 Å². The van der Waals surface area contributed by atoms with Crippen molar-refractivity contribution in [3.63, 3.8) is 0 Å². The third kappa shape index (κ3) is 4.36. The molecule has 0 bridgehead atoms. The molecule has 0 saturated heterocycles. The maximum atomic E-state index is 2.72. The van der Waals surface area contributed by atoms with Gasteiger partial charge in [-0.05, 0) is 0 Å². The van der Waals surface area contributed by atoms with Gasteiger partial charge in [0.15, 0.2) is 0 Å². The van der Waals surface area contributed by atoms with Gasteiger partial charge in [0.1, 0.15) is 0 Å². The van der Waals surface area contributed by atoms with Gasteiger partial charge in [-0.25, -0.2) is 0 Å². The van der Waals surface area contributed by atoms with Crippen LogP contribution < -0.4 is 0 Å². The summed E-state index contributed by atoms with van der Waals surface area (Å²) in [4.78, 5) is 0. The first-order valence-corrected chi connectivity index (χ1v) is 27.0. The van der Waals surface area contributed by atoms with E-state index < -0.39 is 15.7 Å². The molecule has 2 unspecified atom stereocenters. The zero-order valence-corrected chi connectivity index (χ0v) is 24.9. The van der Waals surface area contributed by atoms with Gasteiger partial charge in [-0.2, -0.15) is 0 Å². The summed E-state index contributed by atoms with van der Waals surface area (Å²) in [7, 11) is 0. The van der Waals surface area contributed by atoms with Crippen molar-refractivity contribution in [2.24, 2.45) is 17.3 Å². The zero-order valence-electron chi connectivity index (χ0n) is 17.8. The first-order valence-electron chi connectivity index (χ1n) is 9.08. The van der Waals surface area contributed by atoms with Crippen molar-refractivity contribution < 1.29 is 15.7 Å². The van der Waals surface area contributed by atoms with E-state index in [2.05, 4.69) is 76.8 Å². The average Bonchev–Trinajstić information content (AvgIpc) is 2.76. The number of allylic oxidation sites excluding steroid dienone is 8. The van der Waals surface area contributed by atoms with Gasteiger partial charge in [-0.1, -0.05) is 0 Å². The van der Waals surface area contributed by atoms with E-state index in [9.17, 15) is 0 Å². The van der Waals surface area contributed by atoms with Crippen LogP contribution in [0.5, 0.6) is 0 Å². The van der Waals surface area contributed by atoms with E-state index in [0.717, 1.165) is 0 Å². The summed E-state index contributed by atoms with van der Waals surface area (Å²) in [6.45, 7) is 19.1. The Bertz CT molecular complexity index is 751. The molecule has 2 aliphatic carbocycles. The molecule has 0 heterocycles. The molecule has 0 saturated carbocycles. The fourth-order valence-corrected chi connectivity index (χ4v) is 35.3. The predicted molar refractivity (Wildman–Crippen MR) is 120 cm³/mol. The molecule has 0 radical (unpaired) electrons. The summed E-state index contributed by atoms with van der Waals surface area (Å²) in [5, 5.41) is 0. The Kier molecular flexibility index (Phi) is 8.07. The summed E-state index contributed by atoms with van der Waals surface area (Å²) in [5.74, 6) is 1.28. The normalized spacial score (nSPS) is 24.8. The summed E-state index contributed by atoms with van der Waals surface area (Å²) in [6, 6.07) is 0. The van der Waals surface area contributed by atoms with Gasteiger partial charge in [-0.15, -0.1) is 24.8 Å². The predicted octanol–water partition coefficient (Wildman–Crippen LogP) is 6.93. The largest absolute Gasteiger partial charge is 0.147 e. The molecule has 0 fully saturated rings. The number of hydrogen-bond acceptors (Lipinski definition) is 0. The maximum absolute atomic E-state index is 3.03. The molecule has 0 aromatic heterocycles. The van der Waals surface area contributed by atoms with Gasteiger partial charge in [0.2, 0.25) is 0 Å². The first kappa shape index (κ1) is 26.0. The van der Waals surface area contributed by atoms with Crippen molar-refractivity contribution >= 4 is 37.0 Å². The van der Waals surface area contributed by atoms with E-state index in [0.29, 0.717) is 11.8 Å². The van der Waals surface area contributed by atoms with E-state index in [4.69, 9.17) is 0 Å². The smallest absolute Gasteiger partial charge is 0.147 e. The third-order valence-corrected chi connectivity index (χ3v) is 28.2. The van der Waals surface area contributed by atoms with Crippen molar-refractivity contribution in [3.05, 3.63) is 41.0 Å². The summed E-state index contributed by atoms with van der Waals surface area (Å²) >= 11 is -1.55. The standard InChI is InChI=1S/C11H17.C8H11.2CH3.2ClH.GeH2.Zr/c1-8-6-9(2)10(7-8)11(3,4)5;1-6-4-7(2)8(3)5-6;;;;;;/h7-8H,1-5H3;4,6H,1-3H3;2*1H3;2*1H;1H2;. The number of rotatable bonds is 2. The van der Waals surface area contributed by atoms with Gasteiger partial charge in [0.05, 0.1) is 0 Å². The van der Waals surface area contributed by atoms with Gasteiger partial charge < -0.3 is 0 Å². The molecule has 0 aromatic rings. The molecule has 0 nitrogen and oxygen atoms in total. The monoisotopic (exact) mass is 524 g/mol. The first-order chi connectivity index (χ1) is 10.2. The Morgan fingerprint density at radius 3 is 1.56 bits per heavy atom. The van der Waals surface area contributed by atoms with E-state index in [1.165, 1.54) is 17.7 Å². The fraction of sp³-hybridized carbons (Fsp3) is 0.619. The second-order valence-corrected chi connectivity index (χ2v) is 52.2. The molecule has 0 aliphatic heterocycles. The summed E-state index contributed by atoms with van der Waals surface area (Å²) in [5.41, 5.74) is 6.65.